The van der Waals surface area contributed by atoms with E-state index in [0.29, 0.717) is 38.0 Å². The maximum atomic E-state index is 15.5. The maximum absolute atomic E-state index is 15.5. The van der Waals surface area contributed by atoms with Crippen LogP contribution in [0.3, 0.4) is 0 Å². The topological polar surface area (TPSA) is 279 Å². The van der Waals surface area contributed by atoms with Crippen molar-refractivity contribution in [2.75, 3.05) is 69.0 Å². The lowest BCUT2D eigenvalue weighted by Crippen LogP contribution is -2.65. The fourth-order valence-corrected chi connectivity index (χ4v) is 17.2. The van der Waals surface area contributed by atoms with Gasteiger partial charge in [-0.1, -0.05) is 112 Å². The van der Waals surface area contributed by atoms with E-state index in [1.54, 1.807) is 13.8 Å². The summed E-state index contributed by atoms with van der Waals surface area (Å²) in [6.45, 7) is 10.5. The Labute approximate surface area is 595 Å². The molecule has 3 unspecified atom stereocenters. The molecule has 1 spiro atoms. The summed E-state index contributed by atoms with van der Waals surface area (Å²) in [6.07, 6.45) is 5.09. The van der Waals surface area contributed by atoms with Crippen LogP contribution in [0.4, 0.5) is 13.2 Å². The lowest BCUT2D eigenvalue weighted by molar-refractivity contribution is -0.182. The summed E-state index contributed by atoms with van der Waals surface area (Å²) in [6, 6.07) is -10.9. The van der Waals surface area contributed by atoms with Crippen molar-refractivity contribution in [3.8, 4) is 0 Å². The lowest BCUT2D eigenvalue weighted by atomic mass is 9.78. The third-order valence-electron chi connectivity index (χ3n) is 23.8. The molecule has 0 aromatic heterocycles. The first-order chi connectivity index (χ1) is 47.0. The molecule has 14 atom stereocenters. The van der Waals surface area contributed by atoms with E-state index < -0.39 is 173 Å². The Hall–Kier alpha value is -6.28. The molecule has 0 aromatic rings. The second kappa shape index (κ2) is 35.3. The fraction of sp³-hybridized carbons (Fsp3) is 0.833. The minimum absolute atomic E-state index is 0.000734. The van der Waals surface area contributed by atoms with E-state index in [2.05, 4.69) is 28.2 Å². The number of rotatable bonds is 12. The van der Waals surface area contributed by atoms with Crippen molar-refractivity contribution < 1.29 is 70.7 Å². The molecule has 4 N–H and O–H groups in total. The number of carbonyl (C=O) groups is 12. The number of alkyl halides is 4. The average molecular weight is 1430 g/mol. The van der Waals surface area contributed by atoms with Gasteiger partial charge in [-0.3, -0.25) is 57.5 Å². The standard InChI is InChI=1S/C72H116ClF3N12O12/c1-14-43(4)59-63(93)77-45(6)64(94)88-36-32-53(88)68(98)84(11)55(39-48-26-24-42(3)25-27-48)67(97)82(9)41-57(89)78-51(31-29-47-28-30-49(50(73)37-47)72(74,75)76)65(95)87-35-20-23-52(87)62(92)80-71(33-18-19-34-71)70(100)86(13)60(44(5)15-2)69(99)85(12)56(66(96)81(7)8)40-58(90)83(10)54(61(91)79-59)38-46-21-16-17-22-46/h42-56,59-60H,14-41H2,1-13H3,(H,77,93)(H,78,89)(H,79,91)(H,80,92)/t42?,43-,44-,45-,47?,48?,49?,50?,51-,52-,53-,54-,55-,56-,59-,60-/m0/s1. The van der Waals surface area contributed by atoms with E-state index in [1.165, 1.54) is 95.5 Å². The highest BCUT2D eigenvalue weighted by atomic mass is 35.5. The van der Waals surface area contributed by atoms with E-state index >= 15 is 24.0 Å². The van der Waals surface area contributed by atoms with E-state index in [0.717, 1.165) is 51.4 Å². The van der Waals surface area contributed by atoms with Crippen molar-refractivity contribution in [1.29, 1.82) is 0 Å². The maximum Gasteiger partial charge on any atom is 0.393 e. The van der Waals surface area contributed by atoms with Gasteiger partial charge in [0.2, 0.25) is 70.9 Å². The predicted molar refractivity (Wildman–Crippen MR) is 370 cm³/mol. The van der Waals surface area contributed by atoms with E-state index in [9.17, 15) is 46.7 Å². The SMILES string of the molecule is CC[C@H](C)[C@@H]1NC(=O)[C@H](CC2CCCC2)N(C)C(=O)C[C@@H](C(=O)N(C)C)N(C)C(=O)[C@H]([C@@H](C)CC)N(C)C(=O)C2(CCCC2)NC(=O)[C@@H]2CCCN2C(=O)[C@H](CCC2CCC(C(F)(F)F)C(Cl)C2)NC(=O)CN(C)C(=O)[C@H](CC2CCC(C)CC2)N(C)C(=O)[C@@H]2CCN2C(=O)[C@H](C)NC1=O. The lowest BCUT2D eigenvalue weighted by Gasteiger charge is -2.44. The normalized spacial score (nSPS) is 32.4. The van der Waals surface area contributed by atoms with Gasteiger partial charge in [-0.05, 0) is 119 Å². The highest BCUT2D eigenvalue weighted by Crippen LogP contribution is 2.44. The number of likely N-dealkylation sites (N-methyl/N-ethyl adjacent to an activating group) is 6. The monoisotopic (exact) mass is 1430 g/mol. The Morgan fingerprint density at radius 1 is 0.600 bits per heavy atom. The Bertz CT molecular complexity index is 2940. The number of fused-ring (bicyclic) bond motifs is 2. The molecule has 3 aliphatic heterocycles. The summed E-state index contributed by atoms with van der Waals surface area (Å²) in [5, 5.41) is 10.4. The molecule has 0 aromatic carbocycles. The quantitative estimate of drug-likeness (QED) is 0.164. The first-order valence-electron chi connectivity index (χ1n) is 37.1. The first-order valence-corrected chi connectivity index (χ1v) is 37.6. The van der Waals surface area contributed by atoms with Crippen molar-refractivity contribution in [2.24, 2.45) is 41.4 Å². The molecule has 0 bridgehead atoms. The summed E-state index contributed by atoms with van der Waals surface area (Å²) in [5.74, 6) is -10.2. The van der Waals surface area contributed by atoms with Gasteiger partial charge in [0.05, 0.1) is 18.9 Å². The zero-order valence-corrected chi connectivity index (χ0v) is 62.4. The largest absolute Gasteiger partial charge is 0.393 e. The summed E-state index contributed by atoms with van der Waals surface area (Å²) in [5.41, 5.74) is -1.57. The van der Waals surface area contributed by atoms with Gasteiger partial charge in [0.1, 0.15) is 59.9 Å². The van der Waals surface area contributed by atoms with E-state index in [-0.39, 0.29) is 101 Å². The highest BCUT2D eigenvalue weighted by molar-refractivity contribution is 6.21. The molecule has 7 fully saturated rings. The zero-order valence-electron chi connectivity index (χ0n) is 61.6. The Kier molecular flexibility index (Phi) is 28.6. The van der Waals surface area contributed by atoms with Gasteiger partial charge in [0.25, 0.3) is 0 Å². The van der Waals surface area contributed by atoms with Gasteiger partial charge in [-0.2, -0.15) is 13.2 Å². The zero-order chi connectivity index (χ0) is 74.0. The van der Waals surface area contributed by atoms with Crippen molar-refractivity contribution >= 4 is 82.5 Å². The summed E-state index contributed by atoms with van der Waals surface area (Å²) in [4.78, 5) is 189. The van der Waals surface area contributed by atoms with Crippen LogP contribution < -0.4 is 21.3 Å². The summed E-state index contributed by atoms with van der Waals surface area (Å²) >= 11 is 6.41. The van der Waals surface area contributed by atoms with Crippen LogP contribution in [0.2, 0.25) is 0 Å². The second-order valence-electron chi connectivity index (χ2n) is 31.0. The van der Waals surface area contributed by atoms with Crippen LogP contribution in [-0.4, -0.2) is 251 Å². The number of nitrogens with one attached hydrogen (secondary N) is 4. The Morgan fingerprint density at radius 3 is 1.78 bits per heavy atom. The van der Waals surface area contributed by atoms with Crippen LogP contribution in [0.25, 0.3) is 0 Å². The molecule has 12 amide bonds. The number of hydrogen-bond acceptors (Lipinski definition) is 12. The molecule has 7 rings (SSSR count). The number of halogens is 4. The predicted octanol–water partition coefficient (Wildman–Crippen LogP) is 6.00. The summed E-state index contributed by atoms with van der Waals surface area (Å²) < 4.78 is 42.0. The van der Waals surface area contributed by atoms with Crippen LogP contribution in [0, 0.1) is 41.4 Å². The van der Waals surface area contributed by atoms with Gasteiger partial charge < -0.3 is 60.5 Å². The molecule has 3 saturated heterocycles. The molecule has 4 aliphatic carbocycles. The van der Waals surface area contributed by atoms with Crippen LogP contribution in [-0.2, 0) is 57.5 Å². The number of carbonyl (C=O) groups excluding carboxylic acids is 12. The third kappa shape index (κ3) is 19.3. The number of hydrogen-bond donors (Lipinski definition) is 4. The molecule has 24 nitrogen and oxygen atoms in total. The first kappa shape index (κ1) is 81.0. The van der Waals surface area contributed by atoms with Crippen molar-refractivity contribution in [2.45, 2.75) is 274 Å². The molecular formula is C72H116ClF3N12O12. The molecular weight excluding hydrogens is 1320 g/mol. The van der Waals surface area contributed by atoms with Crippen LogP contribution in [0.5, 0.6) is 0 Å². The third-order valence-corrected chi connectivity index (χ3v) is 24.3. The van der Waals surface area contributed by atoms with Crippen LogP contribution in [0.15, 0.2) is 0 Å². The number of amides is 12. The number of nitrogens with zero attached hydrogens (tertiary/aromatic N) is 8. The molecule has 4 saturated carbocycles. The van der Waals surface area contributed by atoms with Gasteiger partial charge >= 0.3 is 6.18 Å². The van der Waals surface area contributed by atoms with Crippen molar-refractivity contribution in [3.63, 3.8) is 0 Å². The van der Waals surface area contributed by atoms with Crippen molar-refractivity contribution in [1.82, 2.24) is 60.5 Å². The Morgan fingerprint density at radius 2 is 1.20 bits per heavy atom. The Balaban J connectivity index is 1.27. The molecule has 564 valence electrons. The molecule has 3 heterocycles. The minimum atomic E-state index is -4.51. The molecule has 7 aliphatic rings. The van der Waals surface area contributed by atoms with Gasteiger partial charge in [-0.15, -0.1) is 11.6 Å². The minimum Gasteiger partial charge on any atom is -0.347 e. The molecule has 0 radical (unpaired) electrons. The fourth-order valence-electron chi connectivity index (χ4n) is 16.6. The van der Waals surface area contributed by atoms with Crippen LogP contribution in [0.1, 0.15) is 202 Å². The second-order valence-corrected chi connectivity index (χ2v) is 31.6. The van der Waals surface area contributed by atoms with Gasteiger partial charge in [0.15, 0.2) is 0 Å². The summed E-state index contributed by atoms with van der Waals surface area (Å²) in [7, 11) is 10.2. The molecule has 28 heteroatoms. The van der Waals surface area contributed by atoms with Gasteiger partial charge in [0, 0.05) is 67.8 Å². The molecule has 100 heavy (non-hydrogen) atoms. The van der Waals surface area contributed by atoms with E-state index in [1.807, 2.05) is 13.8 Å². The van der Waals surface area contributed by atoms with Crippen LogP contribution >= 0.6 is 11.6 Å². The smallest absolute Gasteiger partial charge is 0.347 e. The highest BCUT2D eigenvalue weighted by Gasteiger charge is 2.52. The average Bonchev–Trinajstić information content (AvgIpc) is 1.39. The van der Waals surface area contributed by atoms with Gasteiger partial charge in [-0.25, -0.2) is 0 Å². The van der Waals surface area contributed by atoms with E-state index in [4.69, 9.17) is 11.6 Å². The van der Waals surface area contributed by atoms with Crippen molar-refractivity contribution in [3.05, 3.63) is 0 Å².